The number of carbonyl (C=O) groups excluding carboxylic acids is 1. The average Bonchev–Trinajstić information content (AvgIpc) is 3.13. The zero-order valence-electron chi connectivity index (χ0n) is 13.3. The number of ether oxygens (including phenoxy) is 2. The number of nitrogens with zero attached hydrogens (tertiary/aromatic N) is 2. The van der Waals surface area contributed by atoms with E-state index in [1.54, 1.807) is 6.07 Å². The van der Waals surface area contributed by atoms with Gasteiger partial charge in [0.05, 0.1) is 17.5 Å². The zero-order chi connectivity index (χ0) is 17.2. The summed E-state index contributed by atoms with van der Waals surface area (Å²) in [5.74, 6) is 1.43. The Balaban J connectivity index is 1.54. The number of thioether (sulfide) groups is 1. The molecule has 0 spiro atoms. The Morgan fingerprint density at radius 2 is 2.00 bits per heavy atom. The molecule has 0 N–H and O–H groups in total. The van der Waals surface area contributed by atoms with Crippen molar-refractivity contribution < 1.29 is 22.7 Å². The molecule has 0 radical (unpaired) electrons. The molecule has 9 heteroatoms. The van der Waals surface area contributed by atoms with Gasteiger partial charge in [0.25, 0.3) is 5.91 Å². The fourth-order valence-corrected chi connectivity index (χ4v) is 7.34. The summed E-state index contributed by atoms with van der Waals surface area (Å²) >= 11 is 1.40. The molecule has 132 valence electrons. The Morgan fingerprint density at radius 3 is 2.80 bits per heavy atom. The number of carbonyl (C=O) groups is 1. The van der Waals surface area contributed by atoms with Gasteiger partial charge in [0.15, 0.2) is 26.5 Å². The molecule has 2 atom stereocenters. The fraction of sp³-hybridized carbons (Fsp3) is 0.500. The minimum atomic E-state index is -3.07. The highest BCUT2D eigenvalue weighted by Gasteiger charge is 2.50. The summed E-state index contributed by atoms with van der Waals surface area (Å²) in [7, 11) is -3.07. The van der Waals surface area contributed by atoms with E-state index in [4.69, 9.17) is 9.47 Å². The van der Waals surface area contributed by atoms with Crippen LogP contribution in [0.2, 0.25) is 0 Å². The fourth-order valence-electron chi connectivity index (χ4n) is 3.42. The van der Waals surface area contributed by atoms with Crippen molar-refractivity contribution in [1.29, 1.82) is 0 Å². The molecular weight excluding hydrogens is 364 g/mol. The van der Waals surface area contributed by atoms with Gasteiger partial charge in [-0.05, 0) is 25.0 Å². The summed E-state index contributed by atoms with van der Waals surface area (Å²) in [5, 5.41) is 0.502. The van der Waals surface area contributed by atoms with Crippen LogP contribution in [0.15, 0.2) is 23.2 Å². The first-order valence-corrected chi connectivity index (χ1v) is 10.9. The van der Waals surface area contributed by atoms with Crippen LogP contribution in [0.25, 0.3) is 0 Å². The Kier molecular flexibility index (Phi) is 3.34. The summed E-state index contributed by atoms with van der Waals surface area (Å²) < 4.78 is 34.9. The van der Waals surface area contributed by atoms with Crippen molar-refractivity contribution in [2.45, 2.75) is 24.1 Å². The Labute approximate surface area is 149 Å². The van der Waals surface area contributed by atoms with Crippen LogP contribution in [-0.2, 0) is 14.6 Å². The van der Waals surface area contributed by atoms with Crippen LogP contribution in [0.4, 0.5) is 5.69 Å². The summed E-state index contributed by atoms with van der Waals surface area (Å²) in [6.07, 6.45) is 1.79. The Morgan fingerprint density at radius 1 is 1.20 bits per heavy atom. The standard InChI is InChI=1S/C16H16N2O5S2/c19-15(9-1-2-9)17-16-18(11-6-25(20,21)7-14(11)24-16)10-3-4-12-13(5-10)23-8-22-12/h3-5,9,11,14H,1-2,6-8H2/t11-,14+/m0/s1. The van der Waals surface area contributed by atoms with E-state index < -0.39 is 9.84 Å². The molecule has 3 fully saturated rings. The third kappa shape index (κ3) is 2.69. The van der Waals surface area contributed by atoms with Gasteiger partial charge in [0.2, 0.25) is 6.79 Å². The minimum Gasteiger partial charge on any atom is -0.454 e. The van der Waals surface area contributed by atoms with Crippen LogP contribution in [0.3, 0.4) is 0 Å². The maximum atomic E-state index is 12.2. The molecule has 1 saturated carbocycles. The molecular formula is C16H16N2O5S2. The number of amidine groups is 1. The third-order valence-electron chi connectivity index (χ3n) is 4.83. The van der Waals surface area contributed by atoms with E-state index in [2.05, 4.69) is 4.99 Å². The van der Waals surface area contributed by atoms with Gasteiger partial charge in [-0.25, -0.2) is 8.42 Å². The Hall–Kier alpha value is -1.74. The largest absolute Gasteiger partial charge is 0.454 e. The smallest absolute Gasteiger partial charge is 0.251 e. The second kappa shape index (κ2) is 5.38. The molecule has 0 unspecified atom stereocenters. The van der Waals surface area contributed by atoms with Crippen molar-refractivity contribution in [1.82, 2.24) is 0 Å². The van der Waals surface area contributed by atoms with Crippen molar-refractivity contribution in [3.05, 3.63) is 18.2 Å². The van der Waals surface area contributed by atoms with Crippen molar-refractivity contribution in [3.8, 4) is 11.5 Å². The average molecular weight is 380 g/mol. The van der Waals surface area contributed by atoms with Gasteiger partial charge in [-0.3, -0.25) is 4.79 Å². The van der Waals surface area contributed by atoms with Crippen LogP contribution >= 0.6 is 11.8 Å². The number of amides is 1. The molecule has 1 aliphatic carbocycles. The van der Waals surface area contributed by atoms with Crippen molar-refractivity contribution >= 4 is 38.4 Å². The van der Waals surface area contributed by atoms with Crippen LogP contribution in [0.1, 0.15) is 12.8 Å². The van der Waals surface area contributed by atoms with Crippen LogP contribution in [-0.4, -0.2) is 49.1 Å². The summed E-state index contributed by atoms with van der Waals surface area (Å²) in [4.78, 5) is 18.4. The number of anilines is 1. The lowest BCUT2D eigenvalue weighted by Gasteiger charge is -2.24. The predicted octanol–water partition coefficient (Wildman–Crippen LogP) is 1.43. The van der Waals surface area contributed by atoms with Gasteiger partial charge in [-0.1, -0.05) is 11.8 Å². The van der Waals surface area contributed by atoms with Crippen molar-refractivity contribution in [3.63, 3.8) is 0 Å². The zero-order valence-corrected chi connectivity index (χ0v) is 14.9. The van der Waals surface area contributed by atoms with Crippen LogP contribution < -0.4 is 14.4 Å². The van der Waals surface area contributed by atoms with Gasteiger partial charge in [0.1, 0.15) is 0 Å². The number of sulfone groups is 1. The van der Waals surface area contributed by atoms with Gasteiger partial charge < -0.3 is 14.4 Å². The van der Waals surface area contributed by atoms with Crippen molar-refractivity contribution in [2.24, 2.45) is 10.9 Å². The summed E-state index contributed by atoms with van der Waals surface area (Å²) in [5.41, 5.74) is 0.781. The molecule has 0 bridgehead atoms. The molecule has 7 nitrogen and oxygen atoms in total. The number of benzene rings is 1. The van der Waals surface area contributed by atoms with Gasteiger partial charge >= 0.3 is 0 Å². The maximum Gasteiger partial charge on any atom is 0.251 e. The lowest BCUT2D eigenvalue weighted by Crippen LogP contribution is -2.37. The highest BCUT2D eigenvalue weighted by molar-refractivity contribution is 8.16. The van der Waals surface area contributed by atoms with Gasteiger partial charge in [-0.15, -0.1) is 0 Å². The molecule has 1 amide bonds. The van der Waals surface area contributed by atoms with E-state index >= 15 is 0 Å². The number of fused-ring (bicyclic) bond motifs is 2. The lowest BCUT2D eigenvalue weighted by molar-refractivity contribution is -0.118. The lowest BCUT2D eigenvalue weighted by atomic mass is 10.2. The molecule has 1 aromatic rings. The monoisotopic (exact) mass is 380 g/mol. The number of rotatable bonds is 2. The molecule has 2 saturated heterocycles. The van der Waals surface area contributed by atoms with Gasteiger partial charge in [-0.2, -0.15) is 4.99 Å². The first-order chi connectivity index (χ1) is 12.0. The molecule has 3 heterocycles. The van der Waals surface area contributed by atoms with E-state index in [0.717, 1.165) is 18.5 Å². The predicted molar refractivity (Wildman–Crippen MR) is 94.0 cm³/mol. The molecule has 5 rings (SSSR count). The summed E-state index contributed by atoms with van der Waals surface area (Å²) in [6.45, 7) is 0.176. The highest BCUT2D eigenvalue weighted by Crippen LogP contribution is 2.44. The van der Waals surface area contributed by atoms with Crippen LogP contribution in [0, 0.1) is 5.92 Å². The molecule has 4 aliphatic rings. The first-order valence-electron chi connectivity index (χ1n) is 8.19. The highest BCUT2D eigenvalue weighted by atomic mass is 32.2. The minimum absolute atomic E-state index is 0.0378. The van der Waals surface area contributed by atoms with Crippen LogP contribution in [0.5, 0.6) is 11.5 Å². The quantitative estimate of drug-likeness (QED) is 0.767. The second-order valence-electron chi connectivity index (χ2n) is 6.72. The Bertz CT molecular complexity index is 894. The maximum absolute atomic E-state index is 12.2. The van der Waals surface area contributed by atoms with E-state index in [1.165, 1.54) is 11.8 Å². The SMILES string of the molecule is O=C(N=C1S[C@@H]2CS(=O)(=O)C[C@@H]2N1c1ccc2c(c1)OCO2)C1CC1. The molecule has 1 aromatic carbocycles. The second-order valence-corrected chi connectivity index (χ2v) is 10.1. The van der Waals surface area contributed by atoms with E-state index in [9.17, 15) is 13.2 Å². The third-order valence-corrected chi connectivity index (χ3v) is 8.04. The molecule has 3 aliphatic heterocycles. The normalized spacial score (nSPS) is 30.7. The van der Waals surface area contributed by atoms with E-state index in [-0.39, 0.29) is 41.4 Å². The molecule has 0 aromatic heterocycles. The van der Waals surface area contributed by atoms with Crippen molar-refractivity contribution in [2.75, 3.05) is 23.2 Å². The molecule has 25 heavy (non-hydrogen) atoms. The first kappa shape index (κ1) is 15.5. The van der Waals surface area contributed by atoms with Gasteiger partial charge in [0, 0.05) is 22.9 Å². The number of hydrogen-bond donors (Lipinski definition) is 0. The van der Waals surface area contributed by atoms with E-state index in [0.29, 0.717) is 16.7 Å². The summed E-state index contributed by atoms with van der Waals surface area (Å²) in [6, 6.07) is 5.28. The topological polar surface area (TPSA) is 85.3 Å². The van der Waals surface area contributed by atoms with E-state index in [1.807, 2.05) is 17.0 Å². The number of aliphatic imine (C=N–C) groups is 1. The number of hydrogen-bond acceptors (Lipinski definition) is 6.